The molecule has 1 aromatic heterocycles. The smallest absolute Gasteiger partial charge is 0.0981 e. The van der Waals surface area contributed by atoms with E-state index in [1.54, 1.807) is 11.3 Å². The first kappa shape index (κ1) is 15.0. The van der Waals surface area contributed by atoms with Gasteiger partial charge in [-0.2, -0.15) is 0 Å². The Morgan fingerprint density at radius 2 is 2.00 bits per heavy atom. The lowest BCUT2D eigenvalue weighted by Crippen LogP contribution is -2.09. The molecule has 0 aliphatic rings. The summed E-state index contributed by atoms with van der Waals surface area (Å²) >= 11 is 8.80. The molecule has 1 N–H and O–H groups in total. The standard InChI is InChI=1S/C14H16Br2N2S/c1-14(2,3)13-18-8-10(19-13)7-17-12-6-9(15)4-5-11(12)16/h4-6,8,17H,7H2,1-3H3. The molecule has 0 fully saturated rings. The van der Waals surface area contributed by atoms with Gasteiger partial charge in [0.2, 0.25) is 0 Å². The van der Waals surface area contributed by atoms with Crippen LogP contribution in [0.3, 0.4) is 0 Å². The monoisotopic (exact) mass is 402 g/mol. The molecule has 19 heavy (non-hydrogen) atoms. The number of nitrogens with one attached hydrogen (secondary N) is 1. The van der Waals surface area contributed by atoms with Gasteiger partial charge in [0, 0.05) is 31.1 Å². The average Bonchev–Trinajstić information content (AvgIpc) is 2.79. The number of rotatable bonds is 3. The maximum atomic E-state index is 4.50. The van der Waals surface area contributed by atoms with Crippen LogP contribution in [0.4, 0.5) is 5.69 Å². The fourth-order valence-electron chi connectivity index (χ4n) is 1.55. The third kappa shape index (κ3) is 4.04. The molecule has 0 spiro atoms. The molecule has 102 valence electrons. The predicted octanol–water partition coefficient (Wildman–Crippen LogP) is 5.58. The van der Waals surface area contributed by atoms with Gasteiger partial charge in [-0.1, -0.05) is 36.7 Å². The van der Waals surface area contributed by atoms with Gasteiger partial charge >= 0.3 is 0 Å². The summed E-state index contributed by atoms with van der Waals surface area (Å²) in [6.07, 6.45) is 1.96. The van der Waals surface area contributed by atoms with Gasteiger partial charge in [-0.15, -0.1) is 11.3 Å². The van der Waals surface area contributed by atoms with Gasteiger partial charge in [0.1, 0.15) is 0 Å². The van der Waals surface area contributed by atoms with Crippen molar-refractivity contribution in [3.05, 3.63) is 43.2 Å². The molecular formula is C14H16Br2N2S. The average molecular weight is 404 g/mol. The van der Waals surface area contributed by atoms with Crippen LogP contribution in [-0.4, -0.2) is 4.98 Å². The van der Waals surface area contributed by atoms with Crippen LogP contribution in [0, 0.1) is 0 Å². The Hall–Kier alpha value is -0.390. The van der Waals surface area contributed by atoms with Crippen LogP contribution in [-0.2, 0) is 12.0 Å². The molecule has 0 aliphatic carbocycles. The summed E-state index contributed by atoms with van der Waals surface area (Å²) in [6.45, 7) is 7.36. The first-order valence-electron chi connectivity index (χ1n) is 6.00. The van der Waals surface area contributed by atoms with E-state index < -0.39 is 0 Å². The summed E-state index contributed by atoms with van der Waals surface area (Å²) in [5.41, 5.74) is 1.21. The molecule has 0 unspecified atom stereocenters. The van der Waals surface area contributed by atoms with Gasteiger partial charge in [0.15, 0.2) is 0 Å². The summed E-state index contributed by atoms with van der Waals surface area (Å²) in [5, 5.41) is 4.61. The predicted molar refractivity (Wildman–Crippen MR) is 90.0 cm³/mol. The van der Waals surface area contributed by atoms with Crippen LogP contribution in [0.5, 0.6) is 0 Å². The second kappa shape index (κ2) is 5.94. The molecule has 0 radical (unpaired) electrons. The number of halogens is 2. The molecule has 2 nitrogen and oxygen atoms in total. The minimum atomic E-state index is 0.124. The number of aromatic nitrogens is 1. The Morgan fingerprint density at radius 3 is 2.63 bits per heavy atom. The zero-order chi connectivity index (χ0) is 14.0. The normalized spacial score (nSPS) is 11.6. The van der Waals surface area contributed by atoms with Gasteiger partial charge in [-0.25, -0.2) is 4.98 Å². The first-order valence-corrected chi connectivity index (χ1v) is 8.40. The fourth-order valence-corrected chi connectivity index (χ4v) is 3.21. The van der Waals surface area contributed by atoms with Crippen LogP contribution in [0.15, 0.2) is 33.3 Å². The zero-order valence-electron chi connectivity index (χ0n) is 11.1. The topological polar surface area (TPSA) is 24.9 Å². The SMILES string of the molecule is CC(C)(C)c1ncc(CNc2cc(Br)ccc2Br)s1. The van der Waals surface area contributed by atoms with Gasteiger partial charge in [0.25, 0.3) is 0 Å². The fraction of sp³-hybridized carbons (Fsp3) is 0.357. The summed E-state index contributed by atoms with van der Waals surface area (Å²) in [6, 6.07) is 6.11. The van der Waals surface area contributed by atoms with Crippen LogP contribution < -0.4 is 5.32 Å². The van der Waals surface area contributed by atoms with Crippen molar-refractivity contribution in [2.45, 2.75) is 32.7 Å². The number of nitrogens with zero attached hydrogens (tertiary/aromatic N) is 1. The third-order valence-corrected chi connectivity index (χ3v) is 5.18. The van der Waals surface area contributed by atoms with E-state index in [0.717, 1.165) is 21.2 Å². The largest absolute Gasteiger partial charge is 0.379 e. The maximum Gasteiger partial charge on any atom is 0.0981 e. The van der Waals surface area contributed by atoms with Crippen molar-refractivity contribution in [1.82, 2.24) is 4.98 Å². The van der Waals surface area contributed by atoms with Crippen molar-refractivity contribution in [3.8, 4) is 0 Å². The molecule has 0 atom stereocenters. The van der Waals surface area contributed by atoms with E-state index in [9.17, 15) is 0 Å². The Bertz CT molecular complexity index is 573. The lowest BCUT2D eigenvalue weighted by molar-refractivity contribution is 0.585. The second-order valence-corrected chi connectivity index (χ2v) is 8.24. The van der Waals surface area contributed by atoms with E-state index in [-0.39, 0.29) is 5.41 Å². The van der Waals surface area contributed by atoms with Crippen LogP contribution >= 0.6 is 43.2 Å². The molecule has 0 bridgehead atoms. The van der Waals surface area contributed by atoms with Gasteiger partial charge in [0.05, 0.1) is 11.6 Å². The minimum Gasteiger partial charge on any atom is -0.379 e. The van der Waals surface area contributed by atoms with E-state index in [4.69, 9.17) is 0 Å². The van der Waals surface area contributed by atoms with Crippen molar-refractivity contribution in [1.29, 1.82) is 0 Å². The molecule has 0 amide bonds. The minimum absolute atomic E-state index is 0.124. The number of anilines is 1. The maximum absolute atomic E-state index is 4.50. The number of thiazole rings is 1. The Kier molecular flexibility index (Phi) is 4.69. The molecule has 2 rings (SSSR count). The van der Waals surface area contributed by atoms with Gasteiger partial charge in [-0.3, -0.25) is 0 Å². The number of hydrogen-bond donors (Lipinski definition) is 1. The Labute approximate surface area is 134 Å². The van der Waals surface area contributed by atoms with Crippen molar-refractivity contribution in [2.24, 2.45) is 0 Å². The van der Waals surface area contributed by atoms with Crippen molar-refractivity contribution < 1.29 is 0 Å². The van der Waals surface area contributed by atoms with E-state index >= 15 is 0 Å². The zero-order valence-corrected chi connectivity index (χ0v) is 15.1. The van der Waals surface area contributed by atoms with Gasteiger partial charge < -0.3 is 5.32 Å². The molecular weight excluding hydrogens is 388 g/mol. The molecule has 0 aliphatic heterocycles. The summed E-state index contributed by atoms with van der Waals surface area (Å²) in [4.78, 5) is 5.74. The highest BCUT2D eigenvalue weighted by atomic mass is 79.9. The van der Waals surface area contributed by atoms with E-state index in [1.807, 2.05) is 18.3 Å². The van der Waals surface area contributed by atoms with Crippen molar-refractivity contribution in [3.63, 3.8) is 0 Å². The van der Waals surface area contributed by atoms with Crippen molar-refractivity contribution in [2.75, 3.05) is 5.32 Å². The van der Waals surface area contributed by atoms with Gasteiger partial charge in [-0.05, 0) is 34.1 Å². The lowest BCUT2D eigenvalue weighted by Gasteiger charge is -2.13. The molecule has 1 heterocycles. The van der Waals surface area contributed by atoms with Crippen LogP contribution in [0.2, 0.25) is 0 Å². The summed E-state index contributed by atoms with van der Waals surface area (Å²) in [7, 11) is 0. The third-order valence-electron chi connectivity index (χ3n) is 2.58. The number of hydrogen-bond acceptors (Lipinski definition) is 3. The highest BCUT2D eigenvalue weighted by Gasteiger charge is 2.17. The number of benzene rings is 1. The molecule has 2 aromatic rings. The van der Waals surface area contributed by atoms with E-state index in [1.165, 1.54) is 9.88 Å². The second-order valence-electron chi connectivity index (χ2n) is 5.36. The van der Waals surface area contributed by atoms with Crippen LogP contribution in [0.25, 0.3) is 0 Å². The molecule has 0 saturated heterocycles. The molecule has 5 heteroatoms. The molecule has 0 saturated carbocycles. The van der Waals surface area contributed by atoms with Crippen molar-refractivity contribution >= 4 is 48.9 Å². The Morgan fingerprint density at radius 1 is 1.26 bits per heavy atom. The first-order chi connectivity index (χ1) is 8.86. The summed E-state index contributed by atoms with van der Waals surface area (Å²) < 4.78 is 2.13. The van der Waals surface area contributed by atoms with E-state index in [2.05, 4.69) is 69.0 Å². The quantitative estimate of drug-likeness (QED) is 0.723. The molecule has 1 aromatic carbocycles. The van der Waals surface area contributed by atoms with Crippen LogP contribution in [0.1, 0.15) is 30.7 Å². The highest BCUT2D eigenvalue weighted by Crippen LogP contribution is 2.29. The highest BCUT2D eigenvalue weighted by molar-refractivity contribution is 9.11. The van der Waals surface area contributed by atoms with E-state index in [0.29, 0.717) is 0 Å². The lowest BCUT2D eigenvalue weighted by atomic mass is 9.98. The summed E-state index contributed by atoms with van der Waals surface area (Å²) in [5.74, 6) is 0. The Balaban J connectivity index is 2.06.